The molecular weight excluding hydrogens is 225 g/mol. The standard InChI is InChI=1S/C8H13F3N4O/c9-8(10,11)13-1-2-14(6-13)15-3-4-16-5-7(15)12/h1-2,7H,3-6,12H2/t7-/m1/s1. The molecule has 0 radical (unpaired) electrons. The van der Waals surface area contributed by atoms with Crippen LogP contribution in [0.5, 0.6) is 0 Å². The van der Waals surface area contributed by atoms with Crippen molar-refractivity contribution in [1.29, 1.82) is 0 Å². The average Bonchev–Trinajstić information content (AvgIpc) is 2.66. The highest BCUT2D eigenvalue weighted by molar-refractivity contribution is 4.91. The first-order chi connectivity index (χ1) is 7.48. The predicted octanol–water partition coefficient (Wildman–Crippen LogP) is 0.0845. The van der Waals surface area contributed by atoms with Gasteiger partial charge >= 0.3 is 6.30 Å². The maximum absolute atomic E-state index is 12.4. The second-order valence-electron chi connectivity index (χ2n) is 3.62. The maximum atomic E-state index is 12.4. The van der Waals surface area contributed by atoms with E-state index in [9.17, 15) is 13.2 Å². The number of nitrogens with two attached hydrogens (primary N) is 1. The molecule has 2 rings (SSSR count). The Morgan fingerprint density at radius 1 is 1.31 bits per heavy atom. The molecule has 1 saturated heterocycles. The van der Waals surface area contributed by atoms with Gasteiger partial charge in [0.1, 0.15) is 6.67 Å². The summed E-state index contributed by atoms with van der Waals surface area (Å²) in [6, 6.07) is 0. The van der Waals surface area contributed by atoms with Gasteiger partial charge < -0.3 is 10.5 Å². The van der Waals surface area contributed by atoms with Crippen molar-refractivity contribution in [1.82, 2.24) is 14.9 Å². The van der Waals surface area contributed by atoms with Crippen molar-refractivity contribution in [2.24, 2.45) is 5.73 Å². The predicted molar refractivity (Wildman–Crippen MR) is 49.2 cm³/mol. The fourth-order valence-electron chi connectivity index (χ4n) is 1.67. The van der Waals surface area contributed by atoms with E-state index in [-0.39, 0.29) is 6.67 Å². The monoisotopic (exact) mass is 238 g/mol. The van der Waals surface area contributed by atoms with Gasteiger partial charge in [0.05, 0.1) is 19.4 Å². The van der Waals surface area contributed by atoms with Crippen molar-refractivity contribution in [3.8, 4) is 0 Å². The summed E-state index contributed by atoms with van der Waals surface area (Å²) < 4.78 is 42.2. The molecule has 0 spiro atoms. The number of morpholine rings is 1. The first-order valence-electron chi connectivity index (χ1n) is 4.87. The lowest BCUT2D eigenvalue weighted by Gasteiger charge is -2.39. The van der Waals surface area contributed by atoms with Crippen LogP contribution in [0.1, 0.15) is 0 Å². The van der Waals surface area contributed by atoms with E-state index in [2.05, 4.69) is 0 Å². The Morgan fingerprint density at radius 2 is 2.06 bits per heavy atom. The molecule has 2 N–H and O–H groups in total. The first-order valence-corrected chi connectivity index (χ1v) is 4.87. The molecule has 8 heteroatoms. The fraction of sp³-hybridized carbons (Fsp3) is 0.750. The zero-order valence-corrected chi connectivity index (χ0v) is 8.52. The van der Waals surface area contributed by atoms with E-state index in [4.69, 9.17) is 10.5 Å². The van der Waals surface area contributed by atoms with E-state index >= 15 is 0 Å². The molecule has 0 aromatic carbocycles. The van der Waals surface area contributed by atoms with Gasteiger partial charge in [-0.3, -0.25) is 9.91 Å². The Bertz CT molecular complexity index is 283. The van der Waals surface area contributed by atoms with E-state index < -0.39 is 12.5 Å². The summed E-state index contributed by atoms with van der Waals surface area (Å²) in [6.45, 7) is 1.05. The van der Waals surface area contributed by atoms with Crippen LogP contribution in [0.25, 0.3) is 0 Å². The lowest BCUT2D eigenvalue weighted by molar-refractivity contribution is -0.240. The van der Waals surface area contributed by atoms with Gasteiger partial charge in [0, 0.05) is 18.9 Å². The van der Waals surface area contributed by atoms with Crippen molar-refractivity contribution in [3.05, 3.63) is 12.4 Å². The average molecular weight is 238 g/mol. The van der Waals surface area contributed by atoms with Gasteiger partial charge in [-0.1, -0.05) is 0 Å². The molecule has 1 atom stereocenters. The molecule has 0 unspecified atom stereocenters. The van der Waals surface area contributed by atoms with Gasteiger partial charge in [-0.15, -0.1) is 0 Å². The highest BCUT2D eigenvalue weighted by Gasteiger charge is 2.39. The van der Waals surface area contributed by atoms with E-state index in [0.29, 0.717) is 24.7 Å². The van der Waals surface area contributed by atoms with Gasteiger partial charge in [-0.05, 0) is 0 Å². The summed E-state index contributed by atoms with van der Waals surface area (Å²) in [7, 11) is 0. The van der Waals surface area contributed by atoms with E-state index in [1.807, 2.05) is 0 Å². The number of rotatable bonds is 1. The zero-order valence-electron chi connectivity index (χ0n) is 8.52. The number of hydrogen-bond acceptors (Lipinski definition) is 5. The molecule has 16 heavy (non-hydrogen) atoms. The number of nitrogens with zero attached hydrogens (tertiary/aromatic N) is 3. The van der Waals surface area contributed by atoms with Crippen LogP contribution in [0.3, 0.4) is 0 Å². The van der Waals surface area contributed by atoms with Crippen LogP contribution in [-0.4, -0.2) is 53.8 Å². The Labute approximate surface area is 90.8 Å². The SMILES string of the molecule is N[C@H]1COCCN1N1C=CN(C(F)(F)F)C1. The first kappa shape index (κ1) is 11.5. The highest BCUT2D eigenvalue weighted by atomic mass is 19.4. The fourth-order valence-corrected chi connectivity index (χ4v) is 1.67. The van der Waals surface area contributed by atoms with E-state index in [0.717, 1.165) is 6.20 Å². The van der Waals surface area contributed by atoms with E-state index in [1.54, 1.807) is 5.01 Å². The molecule has 0 aromatic rings. The number of hydrogen-bond donors (Lipinski definition) is 1. The van der Waals surface area contributed by atoms with Gasteiger partial charge in [0.25, 0.3) is 0 Å². The largest absolute Gasteiger partial charge is 0.485 e. The van der Waals surface area contributed by atoms with Gasteiger partial charge in [-0.2, -0.15) is 18.2 Å². The molecule has 2 aliphatic rings. The van der Waals surface area contributed by atoms with Crippen molar-refractivity contribution in [2.75, 3.05) is 26.4 Å². The van der Waals surface area contributed by atoms with E-state index in [1.165, 1.54) is 11.2 Å². The molecule has 0 saturated carbocycles. The molecule has 1 fully saturated rings. The summed E-state index contributed by atoms with van der Waals surface area (Å²) in [6.07, 6.45) is -2.37. The van der Waals surface area contributed by atoms with Crippen molar-refractivity contribution >= 4 is 0 Å². The molecule has 2 heterocycles. The summed E-state index contributed by atoms with van der Waals surface area (Å²) >= 11 is 0. The maximum Gasteiger partial charge on any atom is 0.485 e. The topological polar surface area (TPSA) is 45.0 Å². The molecule has 2 aliphatic heterocycles. The second-order valence-corrected chi connectivity index (χ2v) is 3.62. The third-order valence-electron chi connectivity index (χ3n) is 2.51. The molecule has 0 amide bonds. The summed E-state index contributed by atoms with van der Waals surface area (Å²) in [5.41, 5.74) is 5.74. The highest BCUT2D eigenvalue weighted by Crippen LogP contribution is 2.26. The van der Waals surface area contributed by atoms with Crippen LogP contribution in [0.15, 0.2) is 12.4 Å². The molecule has 0 aromatic heterocycles. The minimum atomic E-state index is -4.35. The van der Waals surface area contributed by atoms with Gasteiger partial charge in [-0.25, -0.2) is 0 Å². The molecule has 0 bridgehead atoms. The molecular formula is C8H13F3N4O. The summed E-state index contributed by atoms with van der Waals surface area (Å²) in [4.78, 5) is 0.301. The third kappa shape index (κ3) is 2.23. The summed E-state index contributed by atoms with van der Waals surface area (Å²) in [5, 5.41) is 3.13. The third-order valence-corrected chi connectivity index (χ3v) is 2.51. The Hall–Kier alpha value is -0.990. The lowest BCUT2D eigenvalue weighted by atomic mass is 10.4. The van der Waals surface area contributed by atoms with Crippen molar-refractivity contribution in [3.63, 3.8) is 0 Å². The minimum absolute atomic E-state index is 0.253. The number of hydrazine groups is 1. The van der Waals surface area contributed by atoms with Crippen LogP contribution < -0.4 is 5.73 Å². The van der Waals surface area contributed by atoms with Crippen LogP contribution >= 0.6 is 0 Å². The number of halogens is 3. The smallest absolute Gasteiger partial charge is 0.377 e. The van der Waals surface area contributed by atoms with Crippen molar-refractivity contribution in [2.45, 2.75) is 12.5 Å². The van der Waals surface area contributed by atoms with Crippen LogP contribution in [0.4, 0.5) is 13.2 Å². The van der Waals surface area contributed by atoms with Gasteiger partial charge in [0.2, 0.25) is 0 Å². The molecule has 0 aliphatic carbocycles. The number of ether oxygens (including phenoxy) is 1. The Kier molecular flexibility index (Phi) is 2.96. The summed E-state index contributed by atoms with van der Waals surface area (Å²) in [5.74, 6) is 0. The molecule has 5 nitrogen and oxygen atoms in total. The minimum Gasteiger partial charge on any atom is -0.377 e. The molecule has 92 valence electrons. The van der Waals surface area contributed by atoms with Crippen molar-refractivity contribution < 1.29 is 17.9 Å². The van der Waals surface area contributed by atoms with Crippen LogP contribution in [-0.2, 0) is 4.74 Å². The number of alkyl halides is 3. The normalized spacial score (nSPS) is 27.9. The lowest BCUT2D eigenvalue weighted by Crippen LogP contribution is -2.57. The Morgan fingerprint density at radius 3 is 2.62 bits per heavy atom. The Balaban J connectivity index is 1.96. The van der Waals surface area contributed by atoms with Crippen LogP contribution in [0.2, 0.25) is 0 Å². The van der Waals surface area contributed by atoms with Crippen LogP contribution in [0, 0.1) is 0 Å². The zero-order chi connectivity index (χ0) is 11.8. The van der Waals surface area contributed by atoms with Gasteiger partial charge in [0.15, 0.2) is 0 Å². The second kappa shape index (κ2) is 4.11. The quantitative estimate of drug-likeness (QED) is 0.656.